The van der Waals surface area contributed by atoms with Crippen molar-refractivity contribution in [2.24, 2.45) is 0 Å². The first-order valence-electron chi connectivity index (χ1n) is 7.08. The lowest BCUT2D eigenvalue weighted by Gasteiger charge is -2.23. The van der Waals surface area contributed by atoms with Crippen LogP contribution in [0.3, 0.4) is 0 Å². The number of ether oxygens (including phenoxy) is 2. The van der Waals surface area contributed by atoms with E-state index in [9.17, 15) is 14.4 Å². The molecule has 0 bridgehead atoms. The highest BCUT2D eigenvalue weighted by molar-refractivity contribution is 7.99. The Bertz CT molecular complexity index is 380. The predicted octanol–water partition coefficient (Wildman–Crippen LogP) is 2.04. The van der Waals surface area contributed by atoms with E-state index in [0.29, 0.717) is 12.4 Å². The Morgan fingerprint density at radius 3 is 2.41 bits per heavy atom. The van der Waals surface area contributed by atoms with Gasteiger partial charge in [0, 0.05) is 18.2 Å². The third kappa shape index (κ3) is 12.3. The number of carboxylic acids is 1. The highest BCUT2D eigenvalue weighted by Gasteiger charge is 2.20. The molecule has 0 aromatic carbocycles. The highest BCUT2D eigenvalue weighted by atomic mass is 32.2. The third-order valence-electron chi connectivity index (χ3n) is 2.27. The van der Waals surface area contributed by atoms with Crippen LogP contribution in [0, 0.1) is 0 Å². The van der Waals surface area contributed by atoms with E-state index < -0.39 is 17.7 Å². The molecule has 1 amide bonds. The number of carboxylic acid groups (broad SMARTS) is 1. The lowest BCUT2D eigenvalue weighted by molar-refractivity contribution is -0.140. The Balaban J connectivity index is 4.33. The number of esters is 1. The van der Waals surface area contributed by atoms with Gasteiger partial charge >= 0.3 is 18.0 Å². The molecule has 22 heavy (non-hydrogen) atoms. The summed E-state index contributed by atoms with van der Waals surface area (Å²) in [5, 5.41) is 11.4. The fourth-order valence-electron chi connectivity index (χ4n) is 1.46. The maximum atomic E-state index is 11.7. The van der Waals surface area contributed by atoms with Crippen molar-refractivity contribution in [3.8, 4) is 0 Å². The van der Waals surface area contributed by atoms with Gasteiger partial charge in [0.1, 0.15) is 5.60 Å². The van der Waals surface area contributed by atoms with E-state index in [1.165, 1.54) is 11.8 Å². The molecule has 2 N–H and O–H groups in total. The van der Waals surface area contributed by atoms with Gasteiger partial charge in [-0.3, -0.25) is 9.59 Å². The van der Waals surface area contributed by atoms with Gasteiger partial charge in [-0.25, -0.2) is 4.79 Å². The number of aliphatic carboxylic acids is 1. The van der Waals surface area contributed by atoms with Crippen molar-refractivity contribution >= 4 is 29.8 Å². The minimum Gasteiger partial charge on any atom is -0.481 e. The number of nitrogens with one attached hydrogen (secondary N) is 1. The SMILES string of the molecule is CCOC(=O)CSCC(CCC(=O)O)NC(=O)OC(C)(C)C. The van der Waals surface area contributed by atoms with E-state index >= 15 is 0 Å². The molecule has 1 unspecified atom stereocenters. The Labute approximate surface area is 135 Å². The van der Waals surface area contributed by atoms with Crippen LogP contribution in [0.25, 0.3) is 0 Å². The summed E-state index contributed by atoms with van der Waals surface area (Å²) in [6, 6.07) is -0.384. The molecule has 0 aromatic heterocycles. The molecule has 0 aliphatic rings. The van der Waals surface area contributed by atoms with Gasteiger partial charge in [0.15, 0.2) is 0 Å². The summed E-state index contributed by atoms with van der Waals surface area (Å²) in [5.41, 5.74) is -0.625. The first kappa shape index (κ1) is 20.6. The van der Waals surface area contributed by atoms with E-state index in [2.05, 4.69) is 5.32 Å². The largest absolute Gasteiger partial charge is 0.481 e. The Morgan fingerprint density at radius 2 is 1.91 bits per heavy atom. The molecule has 7 nitrogen and oxygen atoms in total. The van der Waals surface area contributed by atoms with Gasteiger partial charge in [0.25, 0.3) is 0 Å². The maximum absolute atomic E-state index is 11.7. The molecule has 0 fully saturated rings. The van der Waals surface area contributed by atoms with Gasteiger partial charge in [0.05, 0.1) is 12.4 Å². The zero-order valence-corrected chi connectivity index (χ0v) is 14.3. The summed E-state index contributed by atoms with van der Waals surface area (Å²) in [4.78, 5) is 33.6. The lowest BCUT2D eigenvalue weighted by Crippen LogP contribution is -2.40. The fraction of sp³-hybridized carbons (Fsp3) is 0.786. The summed E-state index contributed by atoms with van der Waals surface area (Å²) in [6.45, 7) is 7.28. The van der Waals surface area contributed by atoms with Crippen LogP contribution < -0.4 is 5.32 Å². The average Bonchev–Trinajstić information content (AvgIpc) is 2.33. The molecule has 0 rings (SSSR count). The number of thioether (sulfide) groups is 1. The second-order valence-electron chi connectivity index (χ2n) is 5.60. The van der Waals surface area contributed by atoms with Crippen LogP contribution in [0.2, 0.25) is 0 Å². The van der Waals surface area contributed by atoms with Crippen LogP contribution >= 0.6 is 11.8 Å². The number of carbonyl (C=O) groups excluding carboxylic acids is 2. The molecular weight excluding hydrogens is 310 g/mol. The monoisotopic (exact) mass is 335 g/mol. The Hall–Kier alpha value is -1.44. The molecule has 0 spiro atoms. The van der Waals surface area contributed by atoms with Crippen molar-refractivity contribution in [1.82, 2.24) is 5.32 Å². The van der Waals surface area contributed by atoms with E-state index in [-0.39, 0.29) is 30.6 Å². The van der Waals surface area contributed by atoms with Crippen LogP contribution in [0.1, 0.15) is 40.5 Å². The second kappa shape index (κ2) is 10.3. The van der Waals surface area contributed by atoms with Crippen LogP contribution in [0.5, 0.6) is 0 Å². The summed E-state index contributed by atoms with van der Waals surface area (Å²) >= 11 is 1.28. The first-order chi connectivity index (χ1) is 10.1. The average molecular weight is 335 g/mol. The molecule has 0 radical (unpaired) electrons. The van der Waals surface area contributed by atoms with Gasteiger partial charge in [-0.05, 0) is 34.1 Å². The van der Waals surface area contributed by atoms with Crippen LogP contribution in [-0.4, -0.2) is 52.9 Å². The molecule has 0 aromatic rings. The van der Waals surface area contributed by atoms with Gasteiger partial charge in [-0.1, -0.05) is 0 Å². The molecule has 1 atom stereocenters. The Morgan fingerprint density at radius 1 is 1.27 bits per heavy atom. The molecule has 0 heterocycles. The van der Waals surface area contributed by atoms with Crippen molar-refractivity contribution in [2.75, 3.05) is 18.1 Å². The second-order valence-corrected chi connectivity index (χ2v) is 6.63. The molecular formula is C14H25NO6S. The number of alkyl carbamates (subject to hydrolysis) is 1. The zero-order chi connectivity index (χ0) is 17.2. The number of rotatable bonds is 9. The molecule has 8 heteroatoms. The van der Waals surface area contributed by atoms with Crippen molar-refractivity contribution in [1.29, 1.82) is 0 Å². The summed E-state index contributed by atoms with van der Waals surface area (Å²) < 4.78 is 9.95. The molecule has 0 saturated heterocycles. The summed E-state index contributed by atoms with van der Waals surface area (Å²) in [5.74, 6) is -0.702. The number of hydrogen-bond donors (Lipinski definition) is 2. The molecule has 128 valence electrons. The van der Waals surface area contributed by atoms with Gasteiger partial charge in [0.2, 0.25) is 0 Å². The van der Waals surface area contributed by atoms with E-state index in [1.54, 1.807) is 27.7 Å². The topological polar surface area (TPSA) is 102 Å². The number of carbonyl (C=O) groups is 3. The first-order valence-corrected chi connectivity index (χ1v) is 8.24. The van der Waals surface area contributed by atoms with Crippen molar-refractivity contribution in [3.63, 3.8) is 0 Å². The third-order valence-corrected chi connectivity index (χ3v) is 3.35. The normalized spacial score (nSPS) is 12.4. The van der Waals surface area contributed by atoms with Crippen molar-refractivity contribution in [2.45, 2.75) is 52.2 Å². The summed E-state index contributed by atoms with van der Waals surface area (Å²) in [6.07, 6.45) is -0.398. The van der Waals surface area contributed by atoms with Gasteiger partial charge in [-0.15, -0.1) is 11.8 Å². The van der Waals surface area contributed by atoms with Crippen molar-refractivity contribution < 1.29 is 29.0 Å². The zero-order valence-electron chi connectivity index (χ0n) is 13.5. The smallest absolute Gasteiger partial charge is 0.407 e. The van der Waals surface area contributed by atoms with Crippen molar-refractivity contribution in [3.05, 3.63) is 0 Å². The van der Waals surface area contributed by atoms with Gasteiger partial charge < -0.3 is 19.9 Å². The lowest BCUT2D eigenvalue weighted by atomic mass is 10.2. The van der Waals surface area contributed by atoms with Crippen LogP contribution in [-0.2, 0) is 19.1 Å². The van der Waals surface area contributed by atoms with Gasteiger partial charge in [-0.2, -0.15) is 0 Å². The number of amides is 1. The highest BCUT2D eigenvalue weighted by Crippen LogP contribution is 2.11. The quantitative estimate of drug-likeness (QED) is 0.622. The standard InChI is InChI=1S/C14H25NO6S/c1-5-20-12(18)9-22-8-10(6-7-11(16)17)15-13(19)21-14(2,3)4/h10H,5-9H2,1-4H3,(H,15,19)(H,16,17). The minimum atomic E-state index is -0.939. The molecule has 0 saturated carbocycles. The fourth-order valence-corrected chi connectivity index (χ4v) is 2.36. The maximum Gasteiger partial charge on any atom is 0.407 e. The number of hydrogen-bond acceptors (Lipinski definition) is 6. The summed E-state index contributed by atoms with van der Waals surface area (Å²) in [7, 11) is 0. The molecule has 0 aliphatic carbocycles. The van der Waals surface area contributed by atoms with Crippen LogP contribution in [0.4, 0.5) is 4.79 Å². The minimum absolute atomic E-state index is 0.0690. The molecule has 0 aliphatic heterocycles. The predicted molar refractivity (Wildman–Crippen MR) is 84.0 cm³/mol. The van der Waals surface area contributed by atoms with E-state index in [4.69, 9.17) is 14.6 Å². The Kier molecular flexibility index (Phi) is 9.64. The van der Waals surface area contributed by atoms with E-state index in [0.717, 1.165) is 0 Å². The van der Waals surface area contributed by atoms with Crippen LogP contribution in [0.15, 0.2) is 0 Å². The van der Waals surface area contributed by atoms with E-state index in [1.807, 2.05) is 0 Å².